The Balaban J connectivity index is 0.000000970. The Morgan fingerprint density at radius 1 is 1.48 bits per heavy atom. The van der Waals surface area contributed by atoms with Crippen LogP contribution in [0.5, 0.6) is 0 Å². The lowest BCUT2D eigenvalue weighted by molar-refractivity contribution is -0.122. The Labute approximate surface area is 153 Å². The molecule has 0 aromatic heterocycles. The fraction of sp³-hybridized carbons (Fsp3) is 0.762. The van der Waals surface area contributed by atoms with Gasteiger partial charge >= 0.3 is 0 Å². The Morgan fingerprint density at radius 2 is 2.12 bits per heavy atom. The van der Waals surface area contributed by atoms with Crippen molar-refractivity contribution in [2.24, 2.45) is 5.41 Å². The molecule has 1 aliphatic heterocycles. The van der Waals surface area contributed by atoms with Gasteiger partial charge in [-0.1, -0.05) is 30.2 Å². The lowest BCUT2D eigenvalue weighted by atomic mass is 9.72. The van der Waals surface area contributed by atoms with Gasteiger partial charge in [0.2, 0.25) is 0 Å². The van der Waals surface area contributed by atoms with Crippen molar-refractivity contribution in [3.8, 4) is 0 Å². The standard InChI is InChI=1S/C20H35NO.CH2O2/c1-15(2)9-7-10-18-11-8-12-20(6,13-18)19-21(16(3)4)14-17(5)22-19;2-1-3/h9,11,16-17,19H,7-8,10,12-14H2,1-6H3;1H,(H,2,3). The number of carboxylic acid groups (broad SMARTS) is 1. The number of hydrogen-bond acceptors (Lipinski definition) is 3. The lowest BCUT2D eigenvalue weighted by Crippen LogP contribution is -2.47. The number of rotatable bonds is 5. The molecule has 144 valence electrons. The SMILES string of the molecule is CC(C)=CCCC1=CCCC(C)(C2OC(C)CN2C(C)C)C1.O=CO. The van der Waals surface area contributed by atoms with Gasteiger partial charge in [-0.3, -0.25) is 9.69 Å². The van der Waals surface area contributed by atoms with Crippen LogP contribution in [0.4, 0.5) is 0 Å². The van der Waals surface area contributed by atoms with E-state index >= 15 is 0 Å². The topological polar surface area (TPSA) is 49.8 Å². The van der Waals surface area contributed by atoms with Gasteiger partial charge in [0.1, 0.15) is 6.23 Å². The van der Waals surface area contributed by atoms with Gasteiger partial charge in [0.05, 0.1) is 6.10 Å². The summed E-state index contributed by atoms with van der Waals surface area (Å²) in [4.78, 5) is 10.9. The Morgan fingerprint density at radius 3 is 2.68 bits per heavy atom. The molecular weight excluding hydrogens is 314 g/mol. The van der Waals surface area contributed by atoms with Gasteiger partial charge in [0.25, 0.3) is 6.47 Å². The number of carbonyl (C=O) groups is 1. The van der Waals surface area contributed by atoms with E-state index in [4.69, 9.17) is 14.6 Å². The summed E-state index contributed by atoms with van der Waals surface area (Å²) in [5.74, 6) is 0. The maximum Gasteiger partial charge on any atom is 0.290 e. The highest BCUT2D eigenvalue weighted by atomic mass is 16.5. The van der Waals surface area contributed by atoms with Crippen LogP contribution in [0.15, 0.2) is 23.3 Å². The molecule has 0 aromatic carbocycles. The third kappa shape index (κ3) is 6.59. The highest BCUT2D eigenvalue weighted by Gasteiger charge is 2.45. The minimum Gasteiger partial charge on any atom is -0.483 e. The van der Waals surface area contributed by atoms with Crippen LogP contribution < -0.4 is 0 Å². The highest BCUT2D eigenvalue weighted by Crippen LogP contribution is 2.45. The molecule has 1 fully saturated rings. The van der Waals surface area contributed by atoms with Crippen LogP contribution in [-0.2, 0) is 9.53 Å². The smallest absolute Gasteiger partial charge is 0.290 e. The summed E-state index contributed by atoms with van der Waals surface area (Å²) < 4.78 is 6.36. The minimum atomic E-state index is -0.250. The number of ether oxygens (including phenoxy) is 1. The summed E-state index contributed by atoms with van der Waals surface area (Å²) in [6, 6.07) is 0.562. The molecule has 0 spiro atoms. The van der Waals surface area contributed by atoms with Crippen molar-refractivity contribution in [2.45, 2.75) is 92.0 Å². The second kappa shape index (κ2) is 10.1. The fourth-order valence-corrected chi connectivity index (χ4v) is 4.01. The number of nitrogens with zero attached hydrogens (tertiary/aromatic N) is 1. The molecule has 25 heavy (non-hydrogen) atoms. The molecule has 1 aliphatic carbocycles. The van der Waals surface area contributed by atoms with E-state index in [1.165, 1.54) is 37.7 Å². The zero-order chi connectivity index (χ0) is 19.0. The van der Waals surface area contributed by atoms with E-state index < -0.39 is 0 Å². The number of allylic oxidation sites excluding steroid dienone is 4. The lowest BCUT2D eigenvalue weighted by Gasteiger charge is -2.43. The van der Waals surface area contributed by atoms with Crippen LogP contribution >= 0.6 is 0 Å². The first-order valence-electron chi connectivity index (χ1n) is 9.53. The maximum absolute atomic E-state index is 8.36. The maximum atomic E-state index is 8.36. The molecule has 2 aliphatic rings. The molecule has 1 heterocycles. The van der Waals surface area contributed by atoms with Crippen LogP contribution in [0, 0.1) is 5.41 Å². The van der Waals surface area contributed by atoms with Gasteiger partial charge in [-0.25, -0.2) is 0 Å². The van der Waals surface area contributed by atoms with Crippen molar-refractivity contribution < 1.29 is 14.6 Å². The van der Waals surface area contributed by atoms with Crippen molar-refractivity contribution in [3.63, 3.8) is 0 Å². The molecule has 4 nitrogen and oxygen atoms in total. The average Bonchev–Trinajstić information content (AvgIpc) is 2.91. The van der Waals surface area contributed by atoms with E-state index in [-0.39, 0.29) is 18.1 Å². The van der Waals surface area contributed by atoms with Crippen molar-refractivity contribution in [2.75, 3.05) is 6.54 Å². The molecule has 0 saturated carbocycles. The normalized spacial score (nSPS) is 29.6. The molecule has 0 aromatic rings. The monoisotopic (exact) mass is 351 g/mol. The zero-order valence-corrected chi connectivity index (χ0v) is 16.9. The van der Waals surface area contributed by atoms with Crippen molar-refractivity contribution >= 4 is 6.47 Å². The first-order chi connectivity index (χ1) is 11.7. The van der Waals surface area contributed by atoms with Gasteiger partial charge in [-0.2, -0.15) is 0 Å². The molecule has 0 bridgehead atoms. The summed E-state index contributed by atoms with van der Waals surface area (Å²) in [5.41, 5.74) is 3.33. The van der Waals surface area contributed by atoms with E-state index in [1.807, 2.05) is 0 Å². The quantitative estimate of drug-likeness (QED) is 0.559. The van der Waals surface area contributed by atoms with Gasteiger partial charge in [0.15, 0.2) is 0 Å². The Hall–Kier alpha value is -1.13. The van der Waals surface area contributed by atoms with Gasteiger partial charge in [0, 0.05) is 18.0 Å². The van der Waals surface area contributed by atoms with Gasteiger partial charge < -0.3 is 9.84 Å². The zero-order valence-electron chi connectivity index (χ0n) is 16.9. The molecule has 0 radical (unpaired) electrons. The van der Waals surface area contributed by atoms with Crippen molar-refractivity contribution in [1.82, 2.24) is 4.90 Å². The molecule has 3 atom stereocenters. The predicted molar refractivity (Wildman–Crippen MR) is 104 cm³/mol. The van der Waals surface area contributed by atoms with E-state index in [0.717, 1.165) is 6.54 Å². The Kier molecular flexibility index (Phi) is 8.87. The molecular formula is C21H37NO3. The molecule has 1 N–H and O–H groups in total. The number of hydrogen-bond donors (Lipinski definition) is 1. The van der Waals surface area contributed by atoms with Crippen LogP contribution in [0.2, 0.25) is 0 Å². The van der Waals surface area contributed by atoms with Crippen molar-refractivity contribution in [3.05, 3.63) is 23.3 Å². The molecule has 3 unspecified atom stereocenters. The summed E-state index contributed by atoms with van der Waals surface area (Å²) in [5, 5.41) is 6.89. The fourth-order valence-electron chi connectivity index (χ4n) is 4.01. The van der Waals surface area contributed by atoms with E-state index in [0.29, 0.717) is 12.1 Å². The highest BCUT2D eigenvalue weighted by molar-refractivity contribution is 5.32. The van der Waals surface area contributed by atoms with Crippen LogP contribution in [0.3, 0.4) is 0 Å². The van der Waals surface area contributed by atoms with Crippen LogP contribution in [-0.4, -0.2) is 41.4 Å². The first-order valence-corrected chi connectivity index (χ1v) is 9.53. The molecule has 2 rings (SSSR count). The second-order valence-electron chi connectivity index (χ2n) is 8.25. The van der Waals surface area contributed by atoms with Crippen molar-refractivity contribution in [1.29, 1.82) is 0 Å². The second-order valence-corrected chi connectivity index (χ2v) is 8.25. The van der Waals surface area contributed by atoms with Gasteiger partial charge in [-0.15, -0.1) is 0 Å². The Bertz CT molecular complexity index is 480. The minimum absolute atomic E-state index is 0.250. The molecule has 0 amide bonds. The van der Waals surface area contributed by atoms with Crippen LogP contribution in [0.1, 0.15) is 73.6 Å². The summed E-state index contributed by atoms with van der Waals surface area (Å²) >= 11 is 0. The van der Waals surface area contributed by atoms with E-state index in [1.54, 1.807) is 5.57 Å². The summed E-state index contributed by atoms with van der Waals surface area (Å²) in [6.45, 7) is 14.5. The van der Waals surface area contributed by atoms with Crippen LogP contribution in [0.25, 0.3) is 0 Å². The van der Waals surface area contributed by atoms with E-state index in [9.17, 15) is 0 Å². The third-order valence-corrected chi connectivity index (χ3v) is 5.19. The average molecular weight is 352 g/mol. The van der Waals surface area contributed by atoms with E-state index in [2.05, 4.69) is 58.6 Å². The summed E-state index contributed by atoms with van der Waals surface area (Å²) in [7, 11) is 0. The predicted octanol–water partition coefficient (Wildman–Crippen LogP) is 5.01. The van der Waals surface area contributed by atoms with Gasteiger partial charge in [-0.05, 0) is 66.7 Å². The molecule has 1 saturated heterocycles. The molecule has 4 heteroatoms. The first kappa shape index (κ1) is 21.9. The largest absolute Gasteiger partial charge is 0.483 e. The third-order valence-electron chi connectivity index (χ3n) is 5.19. The summed E-state index contributed by atoms with van der Waals surface area (Å²) in [6.07, 6.45) is 11.6.